The number of amides is 3. The SMILES string of the molecule is Cc1ccc(C(=O)N(C)C)cc1NC(=O)N1C[C@H](C)C[C@@H](C)C1. The molecule has 126 valence electrons. The van der Waals surface area contributed by atoms with Crippen molar-refractivity contribution in [2.24, 2.45) is 11.8 Å². The summed E-state index contributed by atoms with van der Waals surface area (Å²) in [5.41, 5.74) is 2.23. The summed E-state index contributed by atoms with van der Waals surface area (Å²) in [6.45, 7) is 7.85. The van der Waals surface area contributed by atoms with Gasteiger partial charge in [-0.3, -0.25) is 4.79 Å². The third kappa shape index (κ3) is 4.24. The smallest absolute Gasteiger partial charge is 0.321 e. The van der Waals surface area contributed by atoms with E-state index in [9.17, 15) is 9.59 Å². The Morgan fingerprint density at radius 3 is 2.35 bits per heavy atom. The maximum atomic E-state index is 12.5. The van der Waals surface area contributed by atoms with Crippen LogP contribution in [0, 0.1) is 18.8 Å². The molecule has 1 aliphatic heterocycles. The Morgan fingerprint density at radius 1 is 1.17 bits per heavy atom. The van der Waals surface area contributed by atoms with Gasteiger partial charge in [0, 0.05) is 38.4 Å². The van der Waals surface area contributed by atoms with Gasteiger partial charge < -0.3 is 15.1 Å². The molecular weight excluding hydrogens is 290 g/mol. The van der Waals surface area contributed by atoms with Crippen LogP contribution in [0.1, 0.15) is 36.2 Å². The number of nitrogens with one attached hydrogen (secondary N) is 1. The Labute approximate surface area is 138 Å². The molecule has 0 aromatic heterocycles. The quantitative estimate of drug-likeness (QED) is 0.910. The van der Waals surface area contributed by atoms with Gasteiger partial charge in [0.05, 0.1) is 0 Å². The van der Waals surface area contributed by atoms with E-state index >= 15 is 0 Å². The number of hydrogen-bond acceptors (Lipinski definition) is 2. The van der Waals surface area contributed by atoms with Crippen LogP contribution in [0.2, 0.25) is 0 Å². The van der Waals surface area contributed by atoms with Crippen LogP contribution in [0.25, 0.3) is 0 Å². The number of nitrogens with zero attached hydrogens (tertiary/aromatic N) is 2. The highest BCUT2D eigenvalue weighted by atomic mass is 16.2. The summed E-state index contributed by atoms with van der Waals surface area (Å²) in [5.74, 6) is 0.972. The lowest BCUT2D eigenvalue weighted by atomic mass is 9.92. The normalized spacial score (nSPS) is 21.0. The van der Waals surface area contributed by atoms with Crippen LogP contribution in [0.5, 0.6) is 0 Å². The van der Waals surface area contributed by atoms with Crippen LogP contribution in [-0.4, -0.2) is 48.9 Å². The van der Waals surface area contributed by atoms with E-state index in [-0.39, 0.29) is 11.9 Å². The first-order valence-electron chi connectivity index (χ1n) is 8.16. The van der Waals surface area contributed by atoms with Crippen LogP contribution in [0.3, 0.4) is 0 Å². The minimum absolute atomic E-state index is 0.0688. The summed E-state index contributed by atoms with van der Waals surface area (Å²) in [7, 11) is 3.44. The van der Waals surface area contributed by atoms with Gasteiger partial charge in [0.1, 0.15) is 0 Å². The molecule has 5 heteroatoms. The first-order chi connectivity index (χ1) is 10.8. The van der Waals surface area contributed by atoms with Gasteiger partial charge in [-0.25, -0.2) is 4.79 Å². The Kier molecular flexibility index (Phi) is 5.29. The van der Waals surface area contributed by atoms with E-state index in [0.29, 0.717) is 23.1 Å². The molecule has 5 nitrogen and oxygen atoms in total. The Balaban J connectivity index is 2.14. The summed E-state index contributed by atoms with van der Waals surface area (Å²) in [6.07, 6.45) is 1.16. The van der Waals surface area contributed by atoms with Crippen LogP contribution in [0.15, 0.2) is 18.2 Å². The number of benzene rings is 1. The number of hydrogen-bond donors (Lipinski definition) is 1. The summed E-state index contributed by atoms with van der Waals surface area (Å²) in [4.78, 5) is 28.0. The molecule has 1 fully saturated rings. The number of aryl methyl sites for hydroxylation is 1. The second kappa shape index (κ2) is 7.02. The number of carbonyl (C=O) groups excluding carboxylic acids is 2. The molecule has 23 heavy (non-hydrogen) atoms. The summed E-state index contributed by atoms with van der Waals surface area (Å²) in [6, 6.07) is 5.33. The third-order valence-corrected chi connectivity index (χ3v) is 4.29. The van der Waals surface area contributed by atoms with Gasteiger partial charge in [-0.05, 0) is 42.9 Å². The molecule has 3 amide bonds. The van der Waals surface area contributed by atoms with Gasteiger partial charge in [-0.1, -0.05) is 19.9 Å². The molecule has 0 aliphatic carbocycles. The van der Waals surface area contributed by atoms with Gasteiger partial charge in [-0.2, -0.15) is 0 Å². The topological polar surface area (TPSA) is 52.7 Å². The van der Waals surface area contributed by atoms with Crippen molar-refractivity contribution < 1.29 is 9.59 Å². The van der Waals surface area contributed by atoms with Crippen molar-refractivity contribution in [3.63, 3.8) is 0 Å². The van der Waals surface area contributed by atoms with Crippen LogP contribution in [0.4, 0.5) is 10.5 Å². The van der Waals surface area contributed by atoms with E-state index in [2.05, 4.69) is 19.2 Å². The molecule has 2 rings (SSSR count). The highest BCUT2D eigenvalue weighted by Gasteiger charge is 2.25. The minimum Gasteiger partial charge on any atom is -0.345 e. The van der Waals surface area contributed by atoms with Gasteiger partial charge in [0.15, 0.2) is 0 Å². The van der Waals surface area contributed by atoms with Crippen molar-refractivity contribution in [2.75, 3.05) is 32.5 Å². The second-order valence-corrected chi connectivity index (χ2v) is 7.01. The Bertz CT molecular complexity index is 588. The monoisotopic (exact) mass is 317 g/mol. The summed E-state index contributed by atoms with van der Waals surface area (Å²) in [5, 5.41) is 2.97. The predicted molar refractivity (Wildman–Crippen MR) is 92.7 cm³/mol. The molecule has 1 aromatic rings. The fraction of sp³-hybridized carbons (Fsp3) is 0.556. The lowest BCUT2D eigenvalue weighted by Gasteiger charge is -2.35. The Morgan fingerprint density at radius 2 is 1.78 bits per heavy atom. The van der Waals surface area contributed by atoms with Gasteiger partial charge in [0.2, 0.25) is 0 Å². The molecule has 0 radical (unpaired) electrons. The van der Waals surface area contributed by atoms with E-state index in [1.165, 1.54) is 4.90 Å². The molecule has 0 saturated carbocycles. The van der Waals surface area contributed by atoms with Crippen LogP contribution >= 0.6 is 0 Å². The molecule has 0 unspecified atom stereocenters. The zero-order chi connectivity index (χ0) is 17.1. The van der Waals surface area contributed by atoms with E-state index in [4.69, 9.17) is 0 Å². The van der Waals surface area contributed by atoms with Gasteiger partial charge in [-0.15, -0.1) is 0 Å². The molecule has 2 atom stereocenters. The lowest BCUT2D eigenvalue weighted by molar-refractivity contribution is 0.0827. The summed E-state index contributed by atoms with van der Waals surface area (Å²) < 4.78 is 0. The van der Waals surface area contributed by atoms with Gasteiger partial charge in [0.25, 0.3) is 5.91 Å². The largest absolute Gasteiger partial charge is 0.345 e. The number of anilines is 1. The van der Waals surface area contributed by atoms with Crippen molar-refractivity contribution >= 4 is 17.6 Å². The number of carbonyl (C=O) groups is 2. The molecule has 0 spiro atoms. The van der Waals surface area contributed by atoms with Crippen LogP contribution in [-0.2, 0) is 0 Å². The fourth-order valence-electron chi connectivity index (χ4n) is 3.17. The van der Waals surface area contributed by atoms with E-state index in [1.807, 2.05) is 17.9 Å². The molecule has 1 saturated heterocycles. The molecular formula is C18H27N3O2. The maximum Gasteiger partial charge on any atom is 0.321 e. The standard InChI is InChI=1S/C18H27N3O2/c1-12-8-13(2)11-21(10-12)18(23)19-16-9-15(7-6-14(16)3)17(22)20(4)5/h6-7,9,12-13H,8,10-11H2,1-5H3,(H,19,23)/t12-,13-/m1/s1. The number of urea groups is 1. The zero-order valence-corrected chi connectivity index (χ0v) is 14.7. The van der Waals surface area contributed by atoms with Crippen molar-refractivity contribution in [2.45, 2.75) is 27.2 Å². The van der Waals surface area contributed by atoms with E-state index in [1.54, 1.807) is 26.2 Å². The number of piperidine rings is 1. The lowest BCUT2D eigenvalue weighted by Crippen LogP contribution is -2.44. The predicted octanol–water partition coefficient (Wildman–Crippen LogP) is 3.21. The Hall–Kier alpha value is -2.04. The number of rotatable bonds is 2. The number of likely N-dealkylation sites (tertiary alicyclic amines) is 1. The first-order valence-corrected chi connectivity index (χ1v) is 8.16. The van der Waals surface area contributed by atoms with Crippen molar-refractivity contribution in [1.82, 2.24) is 9.80 Å². The third-order valence-electron chi connectivity index (χ3n) is 4.29. The molecule has 1 aliphatic rings. The summed E-state index contributed by atoms with van der Waals surface area (Å²) >= 11 is 0. The average Bonchev–Trinajstić information content (AvgIpc) is 2.47. The van der Waals surface area contributed by atoms with E-state index < -0.39 is 0 Å². The van der Waals surface area contributed by atoms with Gasteiger partial charge >= 0.3 is 6.03 Å². The van der Waals surface area contributed by atoms with Crippen LogP contribution < -0.4 is 5.32 Å². The second-order valence-electron chi connectivity index (χ2n) is 7.01. The fourth-order valence-corrected chi connectivity index (χ4v) is 3.17. The van der Waals surface area contributed by atoms with E-state index in [0.717, 1.165) is 25.1 Å². The molecule has 1 N–H and O–H groups in total. The molecule has 0 bridgehead atoms. The maximum absolute atomic E-state index is 12.5. The van der Waals surface area contributed by atoms with Crippen molar-refractivity contribution in [3.8, 4) is 0 Å². The first kappa shape index (κ1) is 17.3. The molecule has 1 heterocycles. The zero-order valence-electron chi connectivity index (χ0n) is 14.7. The average molecular weight is 317 g/mol. The van der Waals surface area contributed by atoms with Crippen molar-refractivity contribution in [3.05, 3.63) is 29.3 Å². The van der Waals surface area contributed by atoms with Crippen molar-refractivity contribution in [1.29, 1.82) is 0 Å². The molecule has 1 aromatic carbocycles. The highest BCUT2D eigenvalue weighted by molar-refractivity contribution is 5.97. The highest BCUT2D eigenvalue weighted by Crippen LogP contribution is 2.23. The minimum atomic E-state index is -0.0825.